The number of nitrogen functional groups attached to an aromatic ring is 1. The Kier molecular flexibility index (Phi) is 3.71. The molecule has 4 N–H and O–H groups in total. The third-order valence-electron chi connectivity index (χ3n) is 3.64. The van der Waals surface area contributed by atoms with Gasteiger partial charge in [0.05, 0.1) is 17.4 Å². The third-order valence-corrected chi connectivity index (χ3v) is 4.86. The van der Waals surface area contributed by atoms with Crippen LogP contribution < -0.4 is 10.6 Å². The van der Waals surface area contributed by atoms with Crippen LogP contribution in [0.15, 0.2) is 36.4 Å². The van der Waals surface area contributed by atoms with E-state index in [1.54, 1.807) is 11.3 Å². The average molecular weight is 302 g/mol. The second kappa shape index (κ2) is 5.52. The van der Waals surface area contributed by atoms with Crippen LogP contribution in [-0.2, 0) is 0 Å². The summed E-state index contributed by atoms with van der Waals surface area (Å²) in [6, 6.07) is 12.1. The molecule has 1 heterocycles. The van der Waals surface area contributed by atoms with Crippen molar-refractivity contribution in [2.24, 2.45) is 0 Å². The number of hydrogen-bond donors (Lipinski definition) is 3. The minimum Gasteiger partial charge on any atom is -0.398 e. The van der Waals surface area contributed by atoms with E-state index < -0.39 is 6.10 Å². The number of hydrogen-bond acceptors (Lipinski definition) is 5. The highest BCUT2D eigenvalue weighted by atomic mass is 32.1. The number of thiophene rings is 1. The summed E-state index contributed by atoms with van der Waals surface area (Å²) in [6.45, 7) is 0.131. The summed E-state index contributed by atoms with van der Waals surface area (Å²) >= 11 is 1.68. The van der Waals surface area contributed by atoms with Crippen LogP contribution in [0.1, 0.15) is 0 Å². The zero-order valence-electron chi connectivity index (χ0n) is 11.8. The molecule has 5 heteroatoms. The molecular formula is C16H18N2O2S. The molecule has 0 aliphatic heterocycles. The zero-order valence-corrected chi connectivity index (χ0v) is 12.6. The smallest absolute Gasteiger partial charge is 0.0945 e. The van der Waals surface area contributed by atoms with Crippen LogP contribution in [0, 0.1) is 0 Å². The van der Waals surface area contributed by atoms with Gasteiger partial charge in [-0.15, -0.1) is 11.3 Å². The number of nitrogens with two attached hydrogens (primary N) is 1. The van der Waals surface area contributed by atoms with Crippen LogP contribution in [-0.4, -0.2) is 36.5 Å². The molecule has 1 aromatic heterocycles. The number of rotatable bonds is 4. The highest BCUT2D eigenvalue weighted by Gasteiger charge is 2.15. The van der Waals surface area contributed by atoms with Gasteiger partial charge >= 0.3 is 0 Å². The lowest BCUT2D eigenvalue weighted by molar-refractivity contribution is 0.101. The fraction of sp³-hybridized carbons (Fsp3) is 0.250. The first-order valence-corrected chi connectivity index (χ1v) is 7.63. The first-order valence-electron chi connectivity index (χ1n) is 6.81. The molecule has 1 atom stereocenters. The predicted molar refractivity (Wildman–Crippen MR) is 90.1 cm³/mol. The average Bonchev–Trinajstić information content (AvgIpc) is 2.88. The van der Waals surface area contributed by atoms with Crippen molar-refractivity contribution in [3.63, 3.8) is 0 Å². The summed E-state index contributed by atoms with van der Waals surface area (Å²) in [5.74, 6) is 0. The summed E-state index contributed by atoms with van der Waals surface area (Å²) < 4.78 is 2.27. The fourth-order valence-corrected chi connectivity index (χ4v) is 3.77. The van der Waals surface area contributed by atoms with Gasteiger partial charge in [0.15, 0.2) is 0 Å². The summed E-state index contributed by atoms with van der Waals surface area (Å²) in [5, 5.41) is 21.0. The zero-order chi connectivity index (χ0) is 15.0. The van der Waals surface area contributed by atoms with Crippen LogP contribution in [0.25, 0.3) is 20.2 Å². The van der Waals surface area contributed by atoms with E-state index in [-0.39, 0.29) is 6.61 Å². The molecule has 0 saturated carbocycles. The number of benzene rings is 2. The summed E-state index contributed by atoms with van der Waals surface area (Å²) in [7, 11) is 1.91. The highest BCUT2D eigenvalue weighted by Crippen LogP contribution is 2.42. The minimum atomic E-state index is -0.757. The first kappa shape index (κ1) is 14.1. The van der Waals surface area contributed by atoms with Gasteiger partial charge in [0, 0.05) is 40.4 Å². The molecule has 0 bridgehead atoms. The maximum atomic E-state index is 9.67. The lowest BCUT2D eigenvalue weighted by Crippen LogP contribution is -2.31. The Morgan fingerprint density at radius 1 is 1.24 bits per heavy atom. The Morgan fingerprint density at radius 2 is 2.00 bits per heavy atom. The molecule has 21 heavy (non-hydrogen) atoms. The Labute approximate surface area is 127 Å². The molecule has 0 saturated heterocycles. The molecule has 0 fully saturated rings. The second-order valence-corrected chi connectivity index (χ2v) is 6.25. The first-order chi connectivity index (χ1) is 10.1. The van der Waals surface area contributed by atoms with Gasteiger partial charge in [0.1, 0.15) is 0 Å². The Morgan fingerprint density at radius 3 is 2.76 bits per heavy atom. The largest absolute Gasteiger partial charge is 0.398 e. The van der Waals surface area contributed by atoms with Gasteiger partial charge in [-0.05, 0) is 18.2 Å². The standard InChI is InChI=1S/C16H18N2O2S/c1-18(8-10(20)9-19)13-7-6-12(17)16-15(13)11-4-2-3-5-14(11)21-16/h2-7,10,19-20H,8-9,17H2,1H3. The van der Waals surface area contributed by atoms with Gasteiger partial charge in [-0.3, -0.25) is 0 Å². The quantitative estimate of drug-likeness (QED) is 0.647. The van der Waals surface area contributed by atoms with E-state index in [1.165, 1.54) is 10.1 Å². The number of aliphatic hydroxyl groups is 2. The Balaban J connectivity index is 2.21. The molecule has 0 aliphatic carbocycles. The van der Waals surface area contributed by atoms with Crippen molar-refractivity contribution >= 4 is 42.9 Å². The van der Waals surface area contributed by atoms with Crippen molar-refractivity contribution in [1.29, 1.82) is 0 Å². The van der Waals surface area contributed by atoms with E-state index in [0.717, 1.165) is 21.5 Å². The van der Waals surface area contributed by atoms with Gasteiger partial charge in [-0.1, -0.05) is 18.2 Å². The van der Waals surface area contributed by atoms with Crippen LogP contribution in [0.3, 0.4) is 0 Å². The van der Waals surface area contributed by atoms with Crippen molar-refractivity contribution in [3.8, 4) is 0 Å². The SMILES string of the molecule is CN(CC(O)CO)c1ccc(N)c2sc3ccccc3c12. The van der Waals surface area contributed by atoms with Gasteiger partial charge in [-0.25, -0.2) is 0 Å². The number of likely N-dealkylation sites (N-methyl/N-ethyl adjacent to an activating group) is 1. The molecule has 0 amide bonds. The monoisotopic (exact) mass is 302 g/mol. The number of anilines is 2. The maximum absolute atomic E-state index is 9.67. The third kappa shape index (κ3) is 2.44. The second-order valence-electron chi connectivity index (χ2n) is 5.19. The van der Waals surface area contributed by atoms with Crippen LogP contribution in [0.4, 0.5) is 11.4 Å². The maximum Gasteiger partial charge on any atom is 0.0945 e. The molecule has 2 aromatic carbocycles. The van der Waals surface area contributed by atoms with E-state index in [1.807, 2.05) is 36.2 Å². The van der Waals surface area contributed by atoms with Crippen molar-refractivity contribution in [2.75, 3.05) is 30.8 Å². The number of fused-ring (bicyclic) bond motifs is 3. The van der Waals surface area contributed by atoms with Gasteiger partial charge in [0.2, 0.25) is 0 Å². The van der Waals surface area contributed by atoms with Crippen molar-refractivity contribution in [1.82, 2.24) is 0 Å². The lowest BCUT2D eigenvalue weighted by atomic mass is 10.1. The Hall–Kier alpha value is -1.82. The van der Waals surface area contributed by atoms with E-state index in [9.17, 15) is 5.11 Å². The van der Waals surface area contributed by atoms with E-state index in [0.29, 0.717) is 6.54 Å². The van der Waals surface area contributed by atoms with E-state index >= 15 is 0 Å². The Bertz CT molecular complexity index is 784. The summed E-state index contributed by atoms with van der Waals surface area (Å²) in [5.41, 5.74) is 7.91. The van der Waals surface area contributed by atoms with Gasteiger partial charge in [0.25, 0.3) is 0 Å². The molecule has 4 nitrogen and oxygen atoms in total. The topological polar surface area (TPSA) is 69.7 Å². The molecule has 3 rings (SSSR count). The molecule has 1 unspecified atom stereocenters. The number of nitrogens with zero attached hydrogens (tertiary/aromatic N) is 1. The van der Waals surface area contributed by atoms with Crippen molar-refractivity contribution < 1.29 is 10.2 Å². The molecule has 0 radical (unpaired) electrons. The normalized spacial score (nSPS) is 12.9. The molecule has 0 aliphatic rings. The van der Waals surface area contributed by atoms with Crippen LogP contribution >= 0.6 is 11.3 Å². The summed E-state index contributed by atoms with van der Waals surface area (Å²) in [4.78, 5) is 1.96. The highest BCUT2D eigenvalue weighted by molar-refractivity contribution is 7.26. The predicted octanol–water partition coefficient (Wildman–Crippen LogP) is 2.43. The van der Waals surface area contributed by atoms with Gasteiger partial charge < -0.3 is 20.8 Å². The molecule has 110 valence electrons. The lowest BCUT2D eigenvalue weighted by Gasteiger charge is -2.23. The van der Waals surface area contributed by atoms with Gasteiger partial charge in [-0.2, -0.15) is 0 Å². The molecule has 3 aromatic rings. The molecular weight excluding hydrogens is 284 g/mol. The van der Waals surface area contributed by atoms with E-state index in [2.05, 4.69) is 12.1 Å². The minimum absolute atomic E-state index is 0.243. The van der Waals surface area contributed by atoms with Crippen LogP contribution in [0.2, 0.25) is 0 Å². The van der Waals surface area contributed by atoms with Crippen molar-refractivity contribution in [2.45, 2.75) is 6.10 Å². The van der Waals surface area contributed by atoms with E-state index in [4.69, 9.17) is 10.8 Å². The number of aliphatic hydroxyl groups excluding tert-OH is 2. The molecule has 0 spiro atoms. The fourth-order valence-electron chi connectivity index (χ4n) is 2.62. The van der Waals surface area contributed by atoms with Crippen LogP contribution in [0.5, 0.6) is 0 Å². The summed E-state index contributed by atoms with van der Waals surface area (Å²) in [6.07, 6.45) is -0.757. The van der Waals surface area contributed by atoms with Crippen molar-refractivity contribution in [3.05, 3.63) is 36.4 Å².